The highest BCUT2D eigenvalue weighted by Gasteiger charge is 2.17. The zero-order valence-electron chi connectivity index (χ0n) is 11.3. The summed E-state index contributed by atoms with van der Waals surface area (Å²) < 4.78 is 9.37. The van der Waals surface area contributed by atoms with Crippen LogP contribution in [0.15, 0.2) is 29.1 Å². The van der Waals surface area contributed by atoms with Crippen LogP contribution in [0, 0.1) is 0 Å². The Balaban J connectivity index is 1.93. The molecule has 0 spiro atoms. The topological polar surface area (TPSA) is 36.2 Å². The maximum absolute atomic E-state index is 12.4. The second-order valence-electron chi connectivity index (χ2n) is 5.09. The molecule has 4 nitrogen and oxygen atoms in total. The molecule has 0 amide bonds. The van der Waals surface area contributed by atoms with Gasteiger partial charge in [-0.1, -0.05) is 12.1 Å². The van der Waals surface area contributed by atoms with Gasteiger partial charge >= 0.3 is 5.69 Å². The Bertz CT molecular complexity index is 621. The second-order valence-corrected chi connectivity index (χ2v) is 5.09. The van der Waals surface area contributed by atoms with Gasteiger partial charge in [-0.3, -0.25) is 9.13 Å². The van der Waals surface area contributed by atoms with Crippen molar-refractivity contribution < 1.29 is 4.74 Å². The van der Waals surface area contributed by atoms with Crippen LogP contribution in [0.1, 0.15) is 26.2 Å². The number of hydrogen-bond donors (Lipinski definition) is 0. The van der Waals surface area contributed by atoms with Gasteiger partial charge < -0.3 is 4.74 Å². The fourth-order valence-corrected chi connectivity index (χ4v) is 2.94. The van der Waals surface area contributed by atoms with Crippen molar-refractivity contribution in [2.45, 2.75) is 45.4 Å². The summed E-state index contributed by atoms with van der Waals surface area (Å²) in [6.45, 7) is 4.35. The molecule has 1 aromatic carbocycles. The van der Waals surface area contributed by atoms with Crippen molar-refractivity contribution in [2.24, 2.45) is 0 Å². The monoisotopic (exact) mass is 260 g/mol. The molecule has 1 aliphatic heterocycles. The Labute approximate surface area is 112 Å². The van der Waals surface area contributed by atoms with Gasteiger partial charge in [-0.2, -0.15) is 0 Å². The van der Waals surface area contributed by atoms with Gasteiger partial charge in [-0.25, -0.2) is 4.79 Å². The third kappa shape index (κ3) is 2.21. The molecule has 1 saturated heterocycles. The number of para-hydroxylation sites is 2. The molecule has 0 saturated carbocycles. The molecule has 0 N–H and O–H groups in total. The fraction of sp³-hybridized carbons (Fsp3) is 0.533. The normalized spacial score (nSPS) is 19.3. The molecule has 19 heavy (non-hydrogen) atoms. The first-order valence-corrected chi connectivity index (χ1v) is 7.11. The van der Waals surface area contributed by atoms with E-state index in [9.17, 15) is 4.79 Å². The predicted octanol–water partition coefficient (Wildman–Crippen LogP) is 2.39. The Hall–Kier alpha value is -1.55. The minimum atomic E-state index is 0.0988. The van der Waals surface area contributed by atoms with Crippen LogP contribution in [0.5, 0.6) is 0 Å². The Morgan fingerprint density at radius 1 is 1.26 bits per heavy atom. The first-order valence-electron chi connectivity index (χ1n) is 7.11. The number of aromatic nitrogens is 2. The number of aryl methyl sites for hydroxylation is 2. The van der Waals surface area contributed by atoms with Gasteiger partial charge in [-0.05, 0) is 38.3 Å². The zero-order valence-corrected chi connectivity index (χ0v) is 11.3. The summed E-state index contributed by atoms with van der Waals surface area (Å²) in [7, 11) is 0. The van der Waals surface area contributed by atoms with Crippen LogP contribution in [0.2, 0.25) is 0 Å². The Kier molecular flexibility index (Phi) is 3.42. The van der Waals surface area contributed by atoms with Crippen LogP contribution in [-0.2, 0) is 17.8 Å². The van der Waals surface area contributed by atoms with E-state index in [1.807, 2.05) is 40.3 Å². The number of hydrogen-bond acceptors (Lipinski definition) is 2. The van der Waals surface area contributed by atoms with Gasteiger partial charge in [0.25, 0.3) is 0 Å². The van der Waals surface area contributed by atoms with E-state index in [0.29, 0.717) is 12.6 Å². The molecule has 1 fully saturated rings. The molecule has 0 aliphatic carbocycles. The van der Waals surface area contributed by atoms with Crippen LogP contribution >= 0.6 is 0 Å². The van der Waals surface area contributed by atoms with E-state index in [1.54, 1.807) is 0 Å². The molecule has 2 heterocycles. The number of ether oxygens (including phenoxy) is 1. The van der Waals surface area contributed by atoms with Crippen molar-refractivity contribution in [3.05, 3.63) is 34.7 Å². The Morgan fingerprint density at radius 2 is 2.00 bits per heavy atom. The van der Waals surface area contributed by atoms with E-state index in [4.69, 9.17) is 4.74 Å². The smallest absolute Gasteiger partial charge is 0.329 e. The molecule has 2 aromatic rings. The standard InChI is InChI=1S/C15H20N2O2/c1-2-16-13-7-3-4-8-14(13)17(15(16)18)10-9-12-6-5-11-19-12/h3-4,7-8,12H,2,5-6,9-11H2,1H3. The molecule has 102 valence electrons. The predicted molar refractivity (Wildman–Crippen MR) is 75.5 cm³/mol. The van der Waals surface area contributed by atoms with Gasteiger partial charge in [0.1, 0.15) is 0 Å². The summed E-state index contributed by atoms with van der Waals surface area (Å²) in [4.78, 5) is 12.4. The maximum atomic E-state index is 12.4. The van der Waals surface area contributed by atoms with E-state index in [-0.39, 0.29) is 5.69 Å². The lowest BCUT2D eigenvalue weighted by molar-refractivity contribution is 0.100. The van der Waals surface area contributed by atoms with Gasteiger partial charge in [0.15, 0.2) is 0 Å². The van der Waals surface area contributed by atoms with Crippen molar-refractivity contribution in [3.8, 4) is 0 Å². The highest BCUT2D eigenvalue weighted by atomic mass is 16.5. The minimum Gasteiger partial charge on any atom is -0.378 e. The van der Waals surface area contributed by atoms with Gasteiger partial charge in [0, 0.05) is 19.7 Å². The summed E-state index contributed by atoms with van der Waals surface area (Å²) in [6.07, 6.45) is 3.53. The molecular formula is C15H20N2O2. The van der Waals surface area contributed by atoms with Crippen molar-refractivity contribution in [2.75, 3.05) is 6.61 Å². The molecular weight excluding hydrogens is 240 g/mol. The number of fused-ring (bicyclic) bond motifs is 1. The largest absolute Gasteiger partial charge is 0.378 e. The molecule has 4 heteroatoms. The third-order valence-electron chi connectivity index (χ3n) is 3.94. The average molecular weight is 260 g/mol. The van der Waals surface area contributed by atoms with Crippen molar-refractivity contribution in [3.63, 3.8) is 0 Å². The molecule has 3 rings (SSSR count). The minimum absolute atomic E-state index is 0.0988. The van der Waals surface area contributed by atoms with Crippen LogP contribution in [0.4, 0.5) is 0 Å². The summed E-state index contributed by atoms with van der Waals surface area (Å²) in [5.41, 5.74) is 2.16. The van der Waals surface area contributed by atoms with Crippen LogP contribution in [-0.4, -0.2) is 21.8 Å². The summed E-state index contributed by atoms with van der Waals surface area (Å²) in [5, 5.41) is 0. The summed E-state index contributed by atoms with van der Waals surface area (Å²) in [5.74, 6) is 0. The summed E-state index contributed by atoms with van der Waals surface area (Å²) >= 11 is 0. The summed E-state index contributed by atoms with van der Waals surface area (Å²) in [6, 6.07) is 8.02. The van der Waals surface area contributed by atoms with Gasteiger partial charge in [0.05, 0.1) is 17.1 Å². The molecule has 1 aromatic heterocycles. The first kappa shape index (κ1) is 12.5. The number of nitrogens with zero attached hydrogens (tertiary/aromatic N) is 2. The lowest BCUT2D eigenvalue weighted by Crippen LogP contribution is -2.25. The van der Waals surface area contributed by atoms with E-state index >= 15 is 0 Å². The zero-order chi connectivity index (χ0) is 13.2. The van der Waals surface area contributed by atoms with Crippen LogP contribution < -0.4 is 5.69 Å². The maximum Gasteiger partial charge on any atom is 0.329 e. The van der Waals surface area contributed by atoms with Crippen molar-refractivity contribution in [1.82, 2.24) is 9.13 Å². The van der Waals surface area contributed by atoms with E-state index < -0.39 is 0 Å². The highest BCUT2D eigenvalue weighted by molar-refractivity contribution is 5.75. The SMILES string of the molecule is CCn1c(=O)n(CCC2CCCO2)c2ccccc21. The number of imidazole rings is 1. The van der Waals surface area contributed by atoms with E-state index in [2.05, 4.69) is 0 Å². The lowest BCUT2D eigenvalue weighted by Gasteiger charge is -2.09. The lowest BCUT2D eigenvalue weighted by atomic mass is 10.2. The van der Waals surface area contributed by atoms with E-state index in [0.717, 1.165) is 43.4 Å². The van der Waals surface area contributed by atoms with Gasteiger partial charge in [0.2, 0.25) is 0 Å². The fourth-order valence-electron chi connectivity index (χ4n) is 2.94. The van der Waals surface area contributed by atoms with Crippen LogP contribution in [0.3, 0.4) is 0 Å². The van der Waals surface area contributed by atoms with E-state index in [1.165, 1.54) is 0 Å². The van der Waals surface area contributed by atoms with Gasteiger partial charge in [-0.15, -0.1) is 0 Å². The number of rotatable bonds is 4. The molecule has 1 unspecified atom stereocenters. The first-order chi connectivity index (χ1) is 9.31. The third-order valence-corrected chi connectivity index (χ3v) is 3.94. The molecule has 0 bridgehead atoms. The molecule has 0 radical (unpaired) electrons. The average Bonchev–Trinajstić information content (AvgIpc) is 3.02. The highest BCUT2D eigenvalue weighted by Crippen LogP contribution is 2.18. The van der Waals surface area contributed by atoms with Crippen LogP contribution in [0.25, 0.3) is 11.0 Å². The Morgan fingerprint density at radius 3 is 2.63 bits per heavy atom. The second kappa shape index (κ2) is 5.21. The number of benzene rings is 1. The quantitative estimate of drug-likeness (QED) is 0.846. The van der Waals surface area contributed by atoms with Crippen molar-refractivity contribution in [1.29, 1.82) is 0 Å². The molecule has 1 atom stereocenters. The molecule has 1 aliphatic rings. The van der Waals surface area contributed by atoms with Crippen molar-refractivity contribution >= 4 is 11.0 Å².